The van der Waals surface area contributed by atoms with E-state index in [1.807, 2.05) is 54.1 Å². The summed E-state index contributed by atoms with van der Waals surface area (Å²) in [7, 11) is 0. The second-order valence-electron chi connectivity index (χ2n) is 6.78. The van der Waals surface area contributed by atoms with Gasteiger partial charge in [0.25, 0.3) is 5.91 Å². The summed E-state index contributed by atoms with van der Waals surface area (Å²) in [6, 6.07) is 9.74. The number of nitrogens with zero attached hydrogens (tertiary/aromatic N) is 2. The highest BCUT2D eigenvalue weighted by Crippen LogP contribution is 2.41. The van der Waals surface area contributed by atoms with Gasteiger partial charge in [-0.2, -0.15) is 0 Å². The maximum Gasteiger partial charge on any atom is 0.253 e. The largest absolute Gasteiger partial charge is 0.345 e. The topological polar surface area (TPSA) is 46.9 Å². The quantitative estimate of drug-likeness (QED) is 0.665. The highest BCUT2D eigenvalue weighted by Gasteiger charge is 2.34. The summed E-state index contributed by atoms with van der Waals surface area (Å²) in [5.41, 5.74) is 3.74. The second kappa shape index (κ2) is 6.89. The van der Waals surface area contributed by atoms with E-state index in [1.165, 1.54) is 0 Å². The van der Waals surface area contributed by atoms with Crippen molar-refractivity contribution in [3.63, 3.8) is 0 Å². The van der Waals surface area contributed by atoms with Crippen LogP contribution in [-0.4, -0.2) is 15.5 Å². The van der Waals surface area contributed by atoms with Gasteiger partial charge in [0.05, 0.1) is 11.6 Å². The summed E-state index contributed by atoms with van der Waals surface area (Å²) in [5.74, 6) is 0.468. The Morgan fingerprint density at radius 3 is 2.65 bits per heavy atom. The minimum Gasteiger partial charge on any atom is -0.345 e. The number of carbonyl (C=O) groups is 1. The molecule has 2 heterocycles. The van der Waals surface area contributed by atoms with Gasteiger partial charge in [-0.3, -0.25) is 9.36 Å². The third-order valence-corrected chi connectivity index (χ3v) is 5.90. The van der Waals surface area contributed by atoms with E-state index in [0.717, 1.165) is 34.9 Å². The van der Waals surface area contributed by atoms with E-state index >= 15 is 0 Å². The van der Waals surface area contributed by atoms with Gasteiger partial charge in [-0.25, -0.2) is 4.98 Å². The number of aryl methyl sites for hydroxylation is 1. The Morgan fingerprint density at radius 1 is 1.31 bits per heavy atom. The van der Waals surface area contributed by atoms with Crippen molar-refractivity contribution in [1.82, 2.24) is 14.9 Å². The molecule has 3 aromatic rings. The van der Waals surface area contributed by atoms with Crippen LogP contribution in [0, 0.1) is 19.8 Å². The van der Waals surface area contributed by atoms with Crippen molar-refractivity contribution in [3.05, 3.63) is 69.4 Å². The minimum atomic E-state index is -0.0345. The first-order valence-electron chi connectivity index (χ1n) is 8.69. The molecule has 0 spiro atoms. The first kappa shape index (κ1) is 17.3. The molecule has 26 heavy (non-hydrogen) atoms. The van der Waals surface area contributed by atoms with Crippen LogP contribution in [0.1, 0.15) is 46.2 Å². The van der Waals surface area contributed by atoms with Crippen LogP contribution in [0.2, 0.25) is 5.02 Å². The molecule has 1 aliphatic rings. The van der Waals surface area contributed by atoms with Crippen LogP contribution >= 0.6 is 22.9 Å². The number of amides is 1. The second-order valence-corrected chi connectivity index (χ2v) is 8.08. The molecular formula is C20H20ClN3OS. The molecule has 2 aromatic heterocycles. The number of carbonyl (C=O) groups excluding carboxylic acids is 1. The number of nitrogens with one attached hydrogen (secondary N) is 1. The molecule has 1 amide bonds. The normalized spacial score (nSPS) is 15.0. The smallest absolute Gasteiger partial charge is 0.253 e. The van der Waals surface area contributed by atoms with E-state index in [2.05, 4.69) is 10.3 Å². The van der Waals surface area contributed by atoms with E-state index in [4.69, 9.17) is 11.6 Å². The van der Waals surface area contributed by atoms with Crippen LogP contribution in [0.4, 0.5) is 0 Å². The Hall–Kier alpha value is -2.11. The lowest BCUT2D eigenvalue weighted by atomic mass is 10.0. The number of benzene rings is 1. The van der Waals surface area contributed by atoms with Gasteiger partial charge in [0.2, 0.25) is 0 Å². The number of halogens is 1. The lowest BCUT2D eigenvalue weighted by Gasteiger charge is -2.19. The summed E-state index contributed by atoms with van der Waals surface area (Å²) in [4.78, 5) is 17.4. The van der Waals surface area contributed by atoms with Crippen molar-refractivity contribution in [1.29, 1.82) is 0 Å². The number of hydrogen-bond donors (Lipinski definition) is 1. The molecule has 1 N–H and O–H groups in total. The highest BCUT2D eigenvalue weighted by molar-refractivity contribution is 7.12. The minimum absolute atomic E-state index is 0.0303. The highest BCUT2D eigenvalue weighted by atomic mass is 35.5. The monoisotopic (exact) mass is 385 g/mol. The average Bonchev–Trinajstić information content (AvgIpc) is 3.24. The molecule has 1 fully saturated rings. The SMILES string of the molecule is Cc1cc(C(=O)NC(c2ccc(Cl)cc2)C2CC2)c(C)n1-c1nccs1. The molecule has 0 bridgehead atoms. The van der Waals surface area contributed by atoms with Crippen molar-refractivity contribution in [2.24, 2.45) is 5.92 Å². The molecule has 1 unspecified atom stereocenters. The summed E-state index contributed by atoms with van der Waals surface area (Å²) in [6.07, 6.45) is 4.07. The lowest BCUT2D eigenvalue weighted by Crippen LogP contribution is -2.30. The Balaban J connectivity index is 1.61. The van der Waals surface area contributed by atoms with E-state index in [1.54, 1.807) is 17.5 Å². The van der Waals surface area contributed by atoms with Crippen LogP contribution in [0.3, 0.4) is 0 Å². The molecule has 1 aliphatic carbocycles. The summed E-state index contributed by atoms with van der Waals surface area (Å²) in [6.45, 7) is 3.97. The Labute approximate surface area is 161 Å². The Kier molecular flexibility index (Phi) is 4.59. The van der Waals surface area contributed by atoms with Gasteiger partial charge in [0.1, 0.15) is 0 Å². The van der Waals surface area contributed by atoms with Gasteiger partial charge in [0.15, 0.2) is 5.13 Å². The van der Waals surface area contributed by atoms with Gasteiger partial charge >= 0.3 is 0 Å². The summed E-state index contributed by atoms with van der Waals surface area (Å²) in [5, 5.41) is 6.78. The third-order valence-electron chi connectivity index (χ3n) is 4.90. The maximum absolute atomic E-state index is 13.0. The molecule has 1 saturated carbocycles. The van der Waals surface area contributed by atoms with Crippen molar-refractivity contribution >= 4 is 28.8 Å². The van der Waals surface area contributed by atoms with Crippen LogP contribution < -0.4 is 5.32 Å². The van der Waals surface area contributed by atoms with Crippen LogP contribution in [-0.2, 0) is 0 Å². The van der Waals surface area contributed by atoms with Crippen molar-refractivity contribution in [2.45, 2.75) is 32.7 Å². The van der Waals surface area contributed by atoms with Crippen molar-refractivity contribution in [3.8, 4) is 5.13 Å². The number of rotatable bonds is 5. The molecule has 0 aliphatic heterocycles. The molecular weight excluding hydrogens is 366 g/mol. The lowest BCUT2D eigenvalue weighted by molar-refractivity contribution is 0.0931. The van der Waals surface area contributed by atoms with Gasteiger partial charge in [-0.15, -0.1) is 11.3 Å². The molecule has 0 saturated heterocycles. The fourth-order valence-electron chi connectivity index (χ4n) is 3.41. The zero-order valence-electron chi connectivity index (χ0n) is 14.7. The molecule has 4 nitrogen and oxygen atoms in total. The number of thiazole rings is 1. The molecule has 0 radical (unpaired) electrons. The zero-order valence-corrected chi connectivity index (χ0v) is 16.3. The predicted molar refractivity (Wildman–Crippen MR) is 105 cm³/mol. The van der Waals surface area contributed by atoms with Gasteiger partial charge in [-0.05, 0) is 56.4 Å². The molecule has 6 heteroatoms. The van der Waals surface area contributed by atoms with Crippen LogP contribution in [0.25, 0.3) is 5.13 Å². The van der Waals surface area contributed by atoms with E-state index < -0.39 is 0 Å². The fourth-order valence-corrected chi connectivity index (χ4v) is 4.28. The van der Waals surface area contributed by atoms with E-state index in [-0.39, 0.29) is 11.9 Å². The zero-order chi connectivity index (χ0) is 18.3. The Bertz CT molecular complexity index is 927. The fraction of sp³-hybridized carbons (Fsp3) is 0.300. The maximum atomic E-state index is 13.0. The number of hydrogen-bond acceptors (Lipinski definition) is 3. The standard InChI is InChI=1S/C20H20ClN3OS/c1-12-11-17(13(2)24(12)20-22-9-10-26-20)19(25)23-18(14-3-4-14)15-5-7-16(21)8-6-15/h5-11,14,18H,3-4H2,1-2H3,(H,23,25). The molecule has 1 aromatic carbocycles. The van der Waals surface area contributed by atoms with E-state index in [9.17, 15) is 4.79 Å². The molecule has 1 atom stereocenters. The molecule has 4 rings (SSSR count). The Morgan fingerprint density at radius 2 is 2.04 bits per heavy atom. The average molecular weight is 386 g/mol. The predicted octanol–water partition coefficient (Wildman–Crippen LogP) is 5.09. The van der Waals surface area contributed by atoms with E-state index in [0.29, 0.717) is 16.5 Å². The number of aromatic nitrogens is 2. The van der Waals surface area contributed by atoms with Gasteiger partial charge in [-0.1, -0.05) is 23.7 Å². The summed E-state index contributed by atoms with van der Waals surface area (Å²) < 4.78 is 2.04. The van der Waals surface area contributed by atoms with Crippen LogP contribution in [0.15, 0.2) is 41.9 Å². The summed E-state index contributed by atoms with van der Waals surface area (Å²) >= 11 is 7.57. The first-order valence-corrected chi connectivity index (χ1v) is 9.95. The van der Waals surface area contributed by atoms with Crippen molar-refractivity contribution in [2.75, 3.05) is 0 Å². The molecule has 134 valence electrons. The third kappa shape index (κ3) is 3.29. The van der Waals surface area contributed by atoms with Gasteiger partial charge in [0, 0.05) is 28.0 Å². The first-order chi connectivity index (χ1) is 12.5. The van der Waals surface area contributed by atoms with Crippen molar-refractivity contribution < 1.29 is 4.79 Å². The van der Waals surface area contributed by atoms with Crippen LogP contribution in [0.5, 0.6) is 0 Å². The van der Waals surface area contributed by atoms with Gasteiger partial charge < -0.3 is 5.32 Å².